The van der Waals surface area contributed by atoms with E-state index in [-0.39, 0.29) is 31.0 Å². The fourth-order valence-electron chi connectivity index (χ4n) is 8.41. The average Bonchev–Trinajstić information content (AvgIpc) is 0.855. The first-order valence-electron chi connectivity index (χ1n) is 31.5. The van der Waals surface area contributed by atoms with Crippen LogP contribution in [0.2, 0.25) is 5.02 Å². The third-order valence-electron chi connectivity index (χ3n) is 13.7. The van der Waals surface area contributed by atoms with Gasteiger partial charge in [0.15, 0.2) is 5.75 Å². The molecule has 9 aromatic rings. The van der Waals surface area contributed by atoms with Gasteiger partial charge >= 0.3 is 43.7 Å². The van der Waals surface area contributed by atoms with E-state index in [1.54, 1.807) is 162 Å². The van der Waals surface area contributed by atoms with Crippen LogP contribution in [0.25, 0.3) is 24.3 Å². The Morgan fingerprint density at radius 2 is 0.824 bits per heavy atom. The van der Waals surface area contributed by atoms with E-state index in [1.165, 1.54) is 95.9 Å². The zero-order chi connectivity index (χ0) is 80.3. The summed E-state index contributed by atoms with van der Waals surface area (Å²) in [4.78, 5) is 44.5. The number of aryl methyl sites for hydroxylation is 3. The molecule has 0 heterocycles. The van der Waals surface area contributed by atoms with Crippen molar-refractivity contribution in [3.63, 3.8) is 0 Å². The second-order valence-corrected chi connectivity index (χ2v) is 31.5. The molecule has 568 valence electrons. The minimum absolute atomic E-state index is 0.0105. The van der Waals surface area contributed by atoms with Gasteiger partial charge in [-0.2, -0.15) is 21.0 Å². The van der Waals surface area contributed by atoms with Crippen LogP contribution in [-0.2, 0) is 77.8 Å². The van der Waals surface area contributed by atoms with Crippen LogP contribution >= 0.6 is 11.6 Å². The Hall–Kier alpha value is -11.6. The fraction of sp³-hybridized carbons (Fsp3) is 0.0789. The largest absolute Gasteiger partial charge is 0.387 e. The summed E-state index contributed by atoms with van der Waals surface area (Å²) < 4.78 is 147. The van der Waals surface area contributed by atoms with Crippen LogP contribution in [0.1, 0.15) is 57.0 Å². The minimum atomic E-state index is -3.97. The number of nitrogens with one attached hydrogen (secondary N) is 9. The molecule has 32 heteroatoms. The Kier molecular flexibility index (Phi) is 35.5. The second kappa shape index (κ2) is 43.2. The standard InChI is InChI=1S/C18H20.C15H14N2O3S.C14H12ClNO4S2.2C10H12N2O3S.C9H10N2O3S/c1-5-16-6-8-17(9-7-16)12-18-14(3)10-13(2)11-15(18)4;1-2-12-8-10-14(11-9-12)21(19,20)17-15(18)16-13-6-4-3-5-7-13;1-2-11-7-9-12(10-8-11)22(18,19)16-21(17)20-14-6-4-3-5-13(14)15;1-8(2)10(13)12-16(14,15)11-9-6-4-3-5-7-9;1-3-8-4-6-9(7-5-8)16(14,15)12-10(13)11-2;1-2-9(12)11-15(13,14)10-8-6-4-3-5-7-8/h5-11H,1,12H2,2-4H3;2-11H,1H2,(H2,16,17,18);2-10,16H,1H2;3-7,11H,1H2,2H3,(H,12,13);3-7H,1H2,2H3,(H2,11,12,13);2-7,10H,1H2,(H,11,12). The Balaban J connectivity index is 0.000000275. The average molecular weight is 1600 g/mol. The van der Waals surface area contributed by atoms with E-state index >= 15 is 0 Å². The number of amides is 6. The van der Waals surface area contributed by atoms with Crippen LogP contribution in [0.5, 0.6) is 5.75 Å². The van der Waals surface area contributed by atoms with Crippen molar-refractivity contribution in [1.29, 1.82) is 0 Å². The van der Waals surface area contributed by atoms with E-state index in [4.69, 9.17) is 15.8 Å². The molecule has 25 nitrogen and oxygen atoms in total. The number of anilines is 3. The zero-order valence-corrected chi connectivity index (χ0v) is 64.7. The Labute approximate surface area is 639 Å². The molecule has 1 unspecified atom stereocenters. The third-order valence-corrected chi connectivity index (χ3v) is 21.3. The van der Waals surface area contributed by atoms with Gasteiger partial charge in [0, 0.05) is 18.3 Å². The molecule has 9 aromatic carbocycles. The van der Waals surface area contributed by atoms with Crippen LogP contribution < -0.4 is 47.3 Å². The summed E-state index contributed by atoms with van der Waals surface area (Å²) in [6.45, 7) is 29.0. The lowest BCUT2D eigenvalue weighted by molar-refractivity contribution is -0.116. The normalized spacial score (nSPS) is 10.9. The highest BCUT2D eigenvalue weighted by Crippen LogP contribution is 2.25. The SMILES string of the molecule is C=C(C)C(=O)NS(=O)(=O)Nc1ccccc1.C=CC(=O)NS(=O)(=O)Nc1ccccc1.C=Cc1ccc(Cc2c(C)cc(C)cc2C)cc1.C=Cc1ccc(S(=O)(=O)NC(=O)NC)cc1.C=Cc1ccc(S(=O)(=O)NC(=O)Nc2ccccc2)cc1.C=Cc1ccc(S(=O)(=O)NS(=O)Oc2ccccc2Cl)cc1. The molecule has 0 saturated heterocycles. The van der Waals surface area contributed by atoms with Crippen LogP contribution in [0.15, 0.2) is 290 Å². The summed E-state index contributed by atoms with van der Waals surface area (Å²) in [6, 6.07) is 60.9. The lowest BCUT2D eigenvalue weighted by atomic mass is 9.94. The number of carbonyl (C=O) groups is 4. The van der Waals surface area contributed by atoms with Crippen molar-refractivity contribution in [1.82, 2.24) is 28.3 Å². The minimum Gasteiger partial charge on any atom is -0.387 e. The molecule has 1 atom stereocenters. The molecule has 108 heavy (non-hydrogen) atoms. The van der Waals surface area contributed by atoms with Crippen LogP contribution in [0.3, 0.4) is 0 Å². The van der Waals surface area contributed by atoms with Gasteiger partial charge in [-0.3, -0.25) is 19.0 Å². The summed E-state index contributed by atoms with van der Waals surface area (Å²) >= 11 is 3.54. The van der Waals surface area contributed by atoms with Gasteiger partial charge in [-0.25, -0.2) is 53.7 Å². The van der Waals surface area contributed by atoms with Gasteiger partial charge < -0.3 is 14.8 Å². The number of hydrogen-bond donors (Lipinski definition) is 9. The number of hydrogen-bond acceptors (Lipinski definition) is 16. The van der Waals surface area contributed by atoms with Crippen molar-refractivity contribution < 1.29 is 69.7 Å². The van der Waals surface area contributed by atoms with Crippen LogP contribution in [-0.4, -0.2) is 77.2 Å². The van der Waals surface area contributed by atoms with Crippen molar-refractivity contribution in [3.05, 3.63) is 331 Å². The number of sulfonamides is 3. The Morgan fingerprint density at radius 3 is 1.20 bits per heavy atom. The first-order chi connectivity index (χ1) is 51.0. The van der Waals surface area contributed by atoms with E-state index in [1.807, 2.05) is 24.4 Å². The maximum Gasteiger partial charge on any atom is 0.333 e. The molecule has 6 amide bonds. The predicted octanol–water partition coefficient (Wildman–Crippen LogP) is 13.2. The van der Waals surface area contributed by atoms with Gasteiger partial charge in [0.1, 0.15) is 0 Å². The van der Waals surface area contributed by atoms with Gasteiger partial charge in [-0.1, -0.05) is 225 Å². The molecule has 0 aliphatic carbocycles. The molecular formula is C76H80ClN9O16S6. The van der Waals surface area contributed by atoms with E-state index in [0.717, 1.165) is 29.2 Å². The lowest BCUT2D eigenvalue weighted by Crippen LogP contribution is -2.37. The Morgan fingerprint density at radius 1 is 0.463 bits per heavy atom. The predicted molar refractivity (Wildman–Crippen MR) is 430 cm³/mol. The summed E-state index contributed by atoms with van der Waals surface area (Å²) in [5, 5.41) is 4.84. The molecule has 0 aliphatic heterocycles. The number of halogens is 1. The van der Waals surface area contributed by atoms with E-state index in [9.17, 15) is 65.5 Å². The fourth-order valence-corrected chi connectivity index (χ4v) is 14.3. The van der Waals surface area contributed by atoms with Gasteiger partial charge in [-0.15, -0.1) is 0 Å². The Bertz CT molecular complexity index is 5220. The molecule has 0 saturated carbocycles. The van der Waals surface area contributed by atoms with Gasteiger partial charge in [-0.05, 0) is 170 Å². The van der Waals surface area contributed by atoms with Crippen molar-refractivity contribution in [2.45, 2.75) is 48.8 Å². The number of para-hydroxylation sites is 4. The number of carbonyl (C=O) groups excluding carboxylic acids is 4. The topological polar surface area (TPSA) is 374 Å². The van der Waals surface area contributed by atoms with Crippen LogP contribution in [0, 0.1) is 20.8 Å². The molecule has 0 aromatic heterocycles. The molecular weight excluding hydrogens is 1520 g/mol. The maximum atomic E-state index is 12.1. The monoisotopic (exact) mass is 1600 g/mol. The van der Waals surface area contributed by atoms with E-state index in [2.05, 4.69) is 117 Å². The summed E-state index contributed by atoms with van der Waals surface area (Å²) in [7, 11) is -18.1. The number of benzene rings is 9. The molecule has 9 N–H and O–H groups in total. The van der Waals surface area contributed by atoms with Gasteiger partial charge in [0.25, 0.3) is 41.9 Å². The van der Waals surface area contributed by atoms with Gasteiger partial charge in [0.2, 0.25) is 0 Å². The maximum absolute atomic E-state index is 12.1. The van der Waals surface area contributed by atoms with Crippen molar-refractivity contribution in [2.24, 2.45) is 0 Å². The van der Waals surface area contributed by atoms with Crippen LogP contribution in [0.4, 0.5) is 26.7 Å². The molecule has 0 bridgehead atoms. The zero-order valence-electron chi connectivity index (χ0n) is 59.1. The highest BCUT2D eigenvalue weighted by Gasteiger charge is 2.22. The summed E-state index contributed by atoms with van der Waals surface area (Å²) in [5.41, 5.74) is 11.9. The first kappa shape index (κ1) is 88.8. The third kappa shape index (κ3) is 32.0. The summed E-state index contributed by atoms with van der Waals surface area (Å²) in [5.74, 6) is -1.39. The highest BCUT2D eigenvalue weighted by atomic mass is 35.5. The molecule has 0 aliphatic rings. The van der Waals surface area contributed by atoms with Crippen molar-refractivity contribution in [2.75, 3.05) is 21.8 Å². The first-order valence-corrected chi connectivity index (χ1v) is 40.4. The van der Waals surface area contributed by atoms with Crippen molar-refractivity contribution >= 4 is 139 Å². The van der Waals surface area contributed by atoms with E-state index < -0.39 is 85.6 Å². The number of urea groups is 2. The second-order valence-electron chi connectivity index (χ2n) is 22.1. The van der Waals surface area contributed by atoms with Gasteiger partial charge in [0.05, 0.1) is 31.1 Å². The van der Waals surface area contributed by atoms with E-state index in [0.29, 0.717) is 17.1 Å². The highest BCUT2D eigenvalue weighted by molar-refractivity contribution is 8.00. The molecule has 0 fully saturated rings. The number of rotatable bonds is 24. The molecule has 0 radical (unpaired) electrons. The quantitative estimate of drug-likeness (QED) is 0.0254. The smallest absolute Gasteiger partial charge is 0.333 e. The lowest BCUT2D eigenvalue weighted by Gasteiger charge is -2.11. The molecule has 0 spiro atoms. The summed E-state index contributed by atoms with van der Waals surface area (Å²) in [6.07, 6.45) is 8.56. The molecule has 9 rings (SSSR count). The van der Waals surface area contributed by atoms with Crippen molar-refractivity contribution in [3.8, 4) is 5.75 Å².